The molecule has 244 valence electrons. The third kappa shape index (κ3) is 4.02. The van der Waals surface area contributed by atoms with Gasteiger partial charge in [0.05, 0.1) is 16.4 Å². The fourth-order valence-corrected chi connectivity index (χ4v) is 8.72. The number of aromatic nitrogens is 1. The molecule has 1 aromatic heterocycles. The summed E-state index contributed by atoms with van der Waals surface area (Å²) in [5.41, 5.74) is 11.7. The molecule has 9 aromatic rings. The third-order valence-corrected chi connectivity index (χ3v) is 10.9. The minimum atomic E-state index is -0.674. The molecule has 0 aliphatic carbocycles. The second kappa shape index (κ2) is 11.1. The molecule has 8 aromatic carbocycles. The lowest BCUT2D eigenvalue weighted by Crippen LogP contribution is -2.37. The highest BCUT2D eigenvalue weighted by Crippen LogP contribution is 2.62. The Kier molecular flexibility index (Phi) is 6.17. The molecule has 11 rings (SSSR count). The van der Waals surface area contributed by atoms with Crippen molar-refractivity contribution in [2.24, 2.45) is 0 Å². The van der Waals surface area contributed by atoms with Crippen LogP contribution in [0.1, 0.15) is 22.3 Å². The van der Waals surface area contributed by atoms with E-state index in [0.717, 1.165) is 73.2 Å². The Morgan fingerprint density at radius 1 is 0.365 bits per heavy atom. The number of ether oxygens (including phenoxy) is 2. The van der Waals surface area contributed by atoms with Gasteiger partial charge in [-0.1, -0.05) is 140 Å². The van der Waals surface area contributed by atoms with E-state index in [1.165, 1.54) is 21.8 Å². The molecular weight excluding hydrogens is 635 g/mol. The van der Waals surface area contributed by atoms with E-state index in [0.29, 0.717) is 0 Å². The van der Waals surface area contributed by atoms with Crippen LogP contribution < -0.4 is 9.47 Å². The first-order valence-corrected chi connectivity index (χ1v) is 17.8. The standard InChI is InChI=1S/C49H31NO2/c1-3-14-32(15-4-1)33-26-28-41-47(31-33)51-45-24-11-8-20-39(45)49(41)40-21-9-12-25-46(40)52-48-36(19-13-22-42(48)49)34-27-29-44-38(30-34)37-18-7-10-23-43(37)50(44)35-16-5-2-6-17-35/h1-31H. The van der Waals surface area contributed by atoms with Crippen LogP contribution in [0.2, 0.25) is 0 Å². The van der Waals surface area contributed by atoms with Crippen molar-refractivity contribution in [2.75, 3.05) is 0 Å². The monoisotopic (exact) mass is 665 g/mol. The molecule has 3 heteroatoms. The Labute approximate surface area is 301 Å². The number of nitrogens with zero attached hydrogens (tertiary/aromatic N) is 1. The van der Waals surface area contributed by atoms with Gasteiger partial charge >= 0.3 is 0 Å². The van der Waals surface area contributed by atoms with E-state index in [-0.39, 0.29) is 0 Å². The van der Waals surface area contributed by atoms with Gasteiger partial charge in [0.15, 0.2) is 0 Å². The molecule has 3 heterocycles. The van der Waals surface area contributed by atoms with Gasteiger partial charge < -0.3 is 14.0 Å². The number of para-hydroxylation sites is 5. The van der Waals surface area contributed by atoms with Crippen molar-refractivity contribution >= 4 is 21.8 Å². The Bertz CT molecular complexity index is 2840. The van der Waals surface area contributed by atoms with E-state index in [1.54, 1.807) is 0 Å². The van der Waals surface area contributed by atoms with Crippen LogP contribution >= 0.6 is 0 Å². The maximum absolute atomic E-state index is 7.04. The van der Waals surface area contributed by atoms with E-state index >= 15 is 0 Å². The summed E-state index contributed by atoms with van der Waals surface area (Å²) in [4.78, 5) is 0. The second-order valence-corrected chi connectivity index (χ2v) is 13.6. The highest BCUT2D eigenvalue weighted by atomic mass is 16.5. The van der Waals surface area contributed by atoms with Crippen LogP contribution in [0.5, 0.6) is 23.0 Å². The van der Waals surface area contributed by atoms with Crippen molar-refractivity contribution in [1.29, 1.82) is 0 Å². The fourth-order valence-electron chi connectivity index (χ4n) is 8.72. The van der Waals surface area contributed by atoms with Gasteiger partial charge in [-0.15, -0.1) is 0 Å². The van der Waals surface area contributed by atoms with E-state index in [4.69, 9.17) is 9.47 Å². The zero-order valence-electron chi connectivity index (χ0n) is 28.2. The topological polar surface area (TPSA) is 23.4 Å². The Morgan fingerprint density at radius 3 is 1.79 bits per heavy atom. The predicted molar refractivity (Wildman–Crippen MR) is 210 cm³/mol. The minimum absolute atomic E-state index is 0.674. The molecule has 0 amide bonds. The van der Waals surface area contributed by atoms with Crippen molar-refractivity contribution in [3.8, 4) is 50.9 Å². The predicted octanol–water partition coefficient (Wildman–Crippen LogP) is 12.7. The summed E-state index contributed by atoms with van der Waals surface area (Å²) in [6, 6.07) is 66.9. The maximum Gasteiger partial charge on any atom is 0.140 e. The molecule has 0 N–H and O–H groups in total. The zero-order chi connectivity index (χ0) is 34.2. The Hall–Kier alpha value is -6.84. The van der Waals surface area contributed by atoms with Gasteiger partial charge in [-0.2, -0.15) is 0 Å². The molecule has 1 atom stereocenters. The van der Waals surface area contributed by atoms with Gasteiger partial charge in [-0.25, -0.2) is 0 Å². The van der Waals surface area contributed by atoms with E-state index in [2.05, 4.69) is 193 Å². The second-order valence-electron chi connectivity index (χ2n) is 13.6. The van der Waals surface area contributed by atoms with E-state index in [1.807, 2.05) is 0 Å². The van der Waals surface area contributed by atoms with Crippen LogP contribution in [-0.4, -0.2) is 4.57 Å². The van der Waals surface area contributed by atoms with Crippen molar-refractivity contribution in [3.05, 3.63) is 210 Å². The van der Waals surface area contributed by atoms with Crippen molar-refractivity contribution in [3.63, 3.8) is 0 Å². The van der Waals surface area contributed by atoms with Crippen LogP contribution in [0.4, 0.5) is 0 Å². The van der Waals surface area contributed by atoms with Crippen LogP contribution in [0.25, 0.3) is 49.7 Å². The molecule has 1 spiro atoms. The number of fused-ring (bicyclic) bond motifs is 11. The molecule has 2 aliphatic rings. The molecule has 3 nitrogen and oxygen atoms in total. The first kappa shape index (κ1) is 28.9. The van der Waals surface area contributed by atoms with Crippen LogP contribution in [0.15, 0.2) is 188 Å². The quantitative estimate of drug-likeness (QED) is 0.187. The number of hydrogen-bond donors (Lipinski definition) is 0. The third-order valence-electron chi connectivity index (χ3n) is 10.9. The van der Waals surface area contributed by atoms with Gasteiger partial charge in [0.2, 0.25) is 0 Å². The van der Waals surface area contributed by atoms with E-state index in [9.17, 15) is 0 Å². The number of rotatable bonds is 3. The van der Waals surface area contributed by atoms with Crippen molar-refractivity contribution < 1.29 is 9.47 Å². The fraction of sp³-hybridized carbons (Fsp3) is 0.0204. The average molecular weight is 666 g/mol. The first-order chi connectivity index (χ1) is 25.8. The molecule has 0 saturated heterocycles. The molecule has 0 bridgehead atoms. The molecule has 2 aliphatic heterocycles. The lowest BCUT2D eigenvalue weighted by Gasteiger charge is -2.45. The first-order valence-electron chi connectivity index (χ1n) is 17.8. The Morgan fingerprint density at radius 2 is 0.981 bits per heavy atom. The van der Waals surface area contributed by atoms with Gasteiger partial charge in [-0.3, -0.25) is 0 Å². The van der Waals surface area contributed by atoms with Crippen LogP contribution in [0, 0.1) is 0 Å². The summed E-state index contributed by atoms with van der Waals surface area (Å²) in [5.74, 6) is 3.41. The summed E-state index contributed by atoms with van der Waals surface area (Å²) < 4.78 is 16.2. The average Bonchev–Trinajstić information content (AvgIpc) is 3.55. The van der Waals surface area contributed by atoms with E-state index < -0.39 is 5.41 Å². The maximum atomic E-state index is 7.04. The molecular formula is C49H31NO2. The van der Waals surface area contributed by atoms with Crippen LogP contribution in [0.3, 0.4) is 0 Å². The molecule has 1 unspecified atom stereocenters. The van der Waals surface area contributed by atoms with Crippen LogP contribution in [-0.2, 0) is 5.41 Å². The molecule has 0 radical (unpaired) electrons. The van der Waals surface area contributed by atoms with Gasteiger partial charge in [0.25, 0.3) is 0 Å². The summed E-state index contributed by atoms with van der Waals surface area (Å²) >= 11 is 0. The van der Waals surface area contributed by atoms with Gasteiger partial charge in [0, 0.05) is 44.3 Å². The smallest absolute Gasteiger partial charge is 0.140 e. The zero-order valence-corrected chi connectivity index (χ0v) is 28.2. The summed E-state index contributed by atoms with van der Waals surface area (Å²) in [6.45, 7) is 0. The summed E-state index contributed by atoms with van der Waals surface area (Å²) in [6.07, 6.45) is 0. The molecule has 0 fully saturated rings. The number of benzene rings is 8. The Balaban J connectivity index is 1.18. The lowest BCUT2D eigenvalue weighted by molar-refractivity contribution is 0.400. The van der Waals surface area contributed by atoms with Crippen molar-refractivity contribution in [2.45, 2.75) is 5.41 Å². The normalized spacial score (nSPS) is 15.3. The highest BCUT2D eigenvalue weighted by Gasteiger charge is 2.51. The lowest BCUT2D eigenvalue weighted by atomic mass is 9.62. The highest BCUT2D eigenvalue weighted by molar-refractivity contribution is 6.10. The molecule has 0 saturated carbocycles. The van der Waals surface area contributed by atoms with Gasteiger partial charge in [-0.05, 0) is 65.2 Å². The SMILES string of the molecule is c1ccc(-c2ccc3c(c2)Oc2ccccc2C32c3ccccc3Oc3c(-c4ccc5c(c4)c4ccccc4n5-c4ccccc4)cccc32)cc1. The van der Waals surface area contributed by atoms with Gasteiger partial charge in [0.1, 0.15) is 23.0 Å². The summed E-state index contributed by atoms with van der Waals surface area (Å²) in [7, 11) is 0. The van der Waals surface area contributed by atoms with Crippen molar-refractivity contribution in [1.82, 2.24) is 4.57 Å². The molecule has 52 heavy (non-hydrogen) atoms. The largest absolute Gasteiger partial charge is 0.457 e. The minimum Gasteiger partial charge on any atom is -0.457 e. The summed E-state index contributed by atoms with van der Waals surface area (Å²) in [5, 5.41) is 2.42. The number of hydrogen-bond acceptors (Lipinski definition) is 2.